The Hall–Kier alpha value is -1.60. The van der Waals surface area contributed by atoms with Crippen LogP contribution in [0.1, 0.15) is 20.3 Å². The minimum Gasteiger partial charge on any atom is -0.433 e. The number of ether oxygens (including phenoxy) is 1. The zero-order valence-electron chi connectivity index (χ0n) is 12.3. The lowest BCUT2D eigenvalue weighted by atomic mass is 10.0. The Morgan fingerprint density at radius 2 is 2.09 bits per heavy atom. The van der Waals surface area contributed by atoms with Crippen LogP contribution in [0, 0.1) is 5.92 Å². The minimum atomic E-state index is -3.00. The van der Waals surface area contributed by atoms with E-state index in [9.17, 15) is 13.6 Å². The molecule has 0 aliphatic carbocycles. The first-order valence-electron chi connectivity index (χ1n) is 6.76. The van der Waals surface area contributed by atoms with Gasteiger partial charge in [-0.25, -0.2) is 4.79 Å². The van der Waals surface area contributed by atoms with Gasteiger partial charge >= 0.3 is 12.6 Å². The molecule has 0 aromatic heterocycles. The van der Waals surface area contributed by atoms with Gasteiger partial charge in [0.2, 0.25) is 0 Å². The average Bonchev–Trinajstić information content (AvgIpc) is 2.41. The van der Waals surface area contributed by atoms with Crippen molar-refractivity contribution in [3.63, 3.8) is 0 Å². The zero-order valence-corrected chi connectivity index (χ0v) is 13.0. The number of hydrogen-bond acceptors (Lipinski definition) is 3. The van der Waals surface area contributed by atoms with Crippen molar-refractivity contribution in [2.45, 2.75) is 32.9 Å². The second kappa shape index (κ2) is 8.75. The molecule has 1 aromatic carbocycles. The third-order valence-electron chi connectivity index (χ3n) is 2.97. The monoisotopic (exact) mass is 336 g/mol. The van der Waals surface area contributed by atoms with E-state index in [4.69, 9.17) is 16.7 Å². The molecule has 0 heterocycles. The van der Waals surface area contributed by atoms with Crippen LogP contribution in [0.25, 0.3) is 0 Å². The Morgan fingerprint density at radius 1 is 1.41 bits per heavy atom. The summed E-state index contributed by atoms with van der Waals surface area (Å²) in [7, 11) is 0. The highest BCUT2D eigenvalue weighted by molar-refractivity contribution is 6.32. The Kier molecular flexibility index (Phi) is 7.34. The maximum absolute atomic E-state index is 12.2. The van der Waals surface area contributed by atoms with Gasteiger partial charge in [-0.15, -0.1) is 0 Å². The van der Waals surface area contributed by atoms with Crippen LogP contribution < -0.4 is 15.4 Å². The van der Waals surface area contributed by atoms with Crippen LogP contribution in [-0.4, -0.2) is 30.4 Å². The normalized spacial score (nSPS) is 12.4. The van der Waals surface area contributed by atoms with Gasteiger partial charge in [0.1, 0.15) is 5.75 Å². The molecule has 22 heavy (non-hydrogen) atoms. The fraction of sp³-hybridized carbons (Fsp3) is 0.500. The van der Waals surface area contributed by atoms with Crippen molar-refractivity contribution in [3.05, 3.63) is 23.2 Å². The summed E-state index contributed by atoms with van der Waals surface area (Å²) in [4.78, 5) is 11.9. The molecule has 0 bridgehead atoms. The summed E-state index contributed by atoms with van der Waals surface area (Å²) in [5.74, 6) is -0.0777. The van der Waals surface area contributed by atoms with Gasteiger partial charge in [-0.1, -0.05) is 25.4 Å². The second-order valence-corrected chi connectivity index (χ2v) is 5.39. The van der Waals surface area contributed by atoms with Crippen LogP contribution in [-0.2, 0) is 0 Å². The van der Waals surface area contributed by atoms with Crippen molar-refractivity contribution in [2.75, 3.05) is 11.9 Å². The molecule has 1 unspecified atom stereocenters. The predicted octanol–water partition coefficient (Wildman–Crippen LogP) is 3.47. The van der Waals surface area contributed by atoms with E-state index in [0.717, 1.165) is 0 Å². The highest BCUT2D eigenvalue weighted by Gasteiger charge is 2.16. The summed E-state index contributed by atoms with van der Waals surface area (Å²) in [5.41, 5.74) is 0.268. The molecule has 1 rings (SSSR count). The largest absolute Gasteiger partial charge is 0.433 e. The van der Waals surface area contributed by atoms with E-state index in [2.05, 4.69) is 15.4 Å². The summed E-state index contributed by atoms with van der Waals surface area (Å²) in [6, 6.07) is 3.33. The fourth-order valence-electron chi connectivity index (χ4n) is 1.81. The topological polar surface area (TPSA) is 70.6 Å². The smallest absolute Gasteiger partial charge is 0.387 e. The van der Waals surface area contributed by atoms with Gasteiger partial charge in [0.15, 0.2) is 0 Å². The van der Waals surface area contributed by atoms with Crippen molar-refractivity contribution >= 4 is 23.3 Å². The van der Waals surface area contributed by atoms with Crippen LogP contribution in [0.5, 0.6) is 5.75 Å². The second-order valence-electron chi connectivity index (χ2n) is 4.98. The number of aliphatic hydroxyl groups excluding tert-OH is 1. The lowest BCUT2D eigenvalue weighted by Gasteiger charge is -2.21. The van der Waals surface area contributed by atoms with Crippen molar-refractivity contribution in [2.24, 2.45) is 5.92 Å². The summed E-state index contributed by atoms with van der Waals surface area (Å²) in [6.45, 7) is 0.780. The van der Waals surface area contributed by atoms with E-state index in [1.54, 1.807) is 0 Å². The van der Waals surface area contributed by atoms with Gasteiger partial charge in [0, 0.05) is 24.4 Å². The highest BCUT2D eigenvalue weighted by atomic mass is 35.5. The maximum atomic E-state index is 12.2. The number of amides is 2. The molecule has 1 atom stereocenters. The van der Waals surface area contributed by atoms with Gasteiger partial charge < -0.3 is 20.5 Å². The van der Waals surface area contributed by atoms with Crippen molar-refractivity contribution in [3.8, 4) is 5.75 Å². The molecule has 0 spiro atoms. The van der Waals surface area contributed by atoms with E-state index >= 15 is 0 Å². The fourth-order valence-corrected chi connectivity index (χ4v) is 1.98. The molecule has 1 aromatic rings. The standard InChI is InChI=1S/C14H19ClF2N2O3/c1-8(2)11(5-6-20)19-14(21)18-9-3-4-10(15)12(7-9)22-13(16)17/h3-4,7-8,11,13,20H,5-6H2,1-2H3,(H2,18,19,21). The SMILES string of the molecule is CC(C)C(CCO)NC(=O)Nc1ccc(Cl)c(OC(F)F)c1. The molecule has 0 saturated carbocycles. The maximum Gasteiger partial charge on any atom is 0.387 e. The van der Waals surface area contributed by atoms with E-state index in [1.807, 2.05) is 13.8 Å². The third-order valence-corrected chi connectivity index (χ3v) is 3.28. The van der Waals surface area contributed by atoms with E-state index in [-0.39, 0.29) is 35.0 Å². The molecular weight excluding hydrogens is 318 g/mol. The first-order valence-corrected chi connectivity index (χ1v) is 7.14. The molecule has 0 fully saturated rings. The summed E-state index contributed by atoms with van der Waals surface area (Å²) in [5, 5.41) is 14.2. The number of nitrogens with one attached hydrogen (secondary N) is 2. The lowest BCUT2D eigenvalue weighted by Crippen LogP contribution is -2.41. The molecule has 5 nitrogen and oxygen atoms in total. The molecule has 0 aliphatic heterocycles. The van der Waals surface area contributed by atoms with Gasteiger partial charge in [0.25, 0.3) is 0 Å². The van der Waals surface area contributed by atoms with Gasteiger partial charge in [-0.2, -0.15) is 8.78 Å². The van der Waals surface area contributed by atoms with Crippen LogP contribution in [0.3, 0.4) is 0 Å². The molecule has 0 aliphatic rings. The Bertz CT molecular complexity index is 501. The Morgan fingerprint density at radius 3 is 2.64 bits per heavy atom. The van der Waals surface area contributed by atoms with Crippen LogP contribution in [0.4, 0.5) is 19.3 Å². The zero-order chi connectivity index (χ0) is 16.7. The number of hydrogen-bond donors (Lipinski definition) is 3. The lowest BCUT2D eigenvalue weighted by molar-refractivity contribution is -0.0497. The number of aliphatic hydroxyl groups is 1. The average molecular weight is 337 g/mol. The number of benzene rings is 1. The molecule has 124 valence electrons. The van der Waals surface area contributed by atoms with Crippen molar-refractivity contribution in [1.29, 1.82) is 0 Å². The molecular formula is C14H19ClF2N2O3. The van der Waals surface area contributed by atoms with Crippen LogP contribution in [0.15, 0.2) is 18.2 Å². The van der Waals surface area contributed by atoms with Gasteiger partial charge in [0.05, 0.1) is 5.02 Å². The van der Waals surface area contributed by atoms with Crippen LogP contribution in [0.2, 0.25) is 5.02 Å². The molecule has 0 radical (unpaired) electrons. The van der Waals surface area contributed by atoms with Crippen LogP contribution >= 0.6 is 11.6 Å². The number of alkyl halides is 2. The summed E-state index contributed by atoms with van der Waals surface area (Å²) in [6.07, 6.45) is 0.422. The first-order chi connectivity index (χ1) is 10.3. The molecule has 2 amide bonds. The van der Waals surface area contributed by atoms with Crippen molar-refractivity contribution in [1.82, 2.24) is 5.32 Å². The Balaban J connectivity index is 2.71. The van der Waals surface area contributed by atoms with Gasteiger partial charge in [-0.05, 0) is 24.5 Å². The van der Waals surface area contributed by atoms with Crippen molar-refractivity contribution < 1.29 is 23.4 Å². The number of carbonyl (C=O) groups excluding carboxylic acids is 1. The Labute approximate surface area is 132 Å². The summed E-state index contributed by atoms with van der Waals surface area (Å²) >= 11 is 5.73. The minimum absolute atomic E-state index is 0.0200. The number of halogens is 3. The number of rotatable bonds is 7. The van der Waals surface area contributed by atoms with E-state index in [0.29, 0.717) is 6.42 Å². The first kappa shape index (κ1) is 18.4. The predicted molar refractivity (Wildman–Crippen MR) is 80.6 cm³/mol. The number of urea groups is 1. The van der Waals surface area contributed by atoms with E-state index < -0.39 is 12.6 Å². The quantitative estimate of drug-likeness (QED) is 0.714. The third kappa shape index (κ3) is 6.03. The summed E-state index contributed by atoms with van der Waals surface area (Å²) < 4.78 is 28.7. The highest BCUT2D eigenvalue weighted by Crippen LogP contribution is 2.29. The van der Waals surface area contributed by atoms with E-state index in [1.165, 1.54) is 18.2 Å². The molecule has 3 N–H and O–H groups in total. The molecule has 8 heteroatoms. The van der Waals surface area contributed by atoms with Gasteiger partial charge in [-0.3, -0.25) is 0 Å². The number of anilines is 1. The molecule has 0 saturated heterocycles. The number of carbonyl (C=O) groups is 1.